The van der Waals surface area contributed by atoms with Crippen molar-refractivity contribution in [2.75, 3.05) is 6.61 Å². The number of aliphatic hydroxyl groups is 5. The average Bonchev–Trinajstić information content (AvgIpc) is 2.60. The molecule has 0 aliphatic carbocycles. The zero-order valence-corrected chi connectivity index (χ0v) is 14.9. The molecule has 6 heteroatoms. The summed E-state index contributed by atoms with van der Waals surface area (Å²) in [7, 11) is 0. The Morgan fingerprint density at radius 2 is 1.21 bits per heavy atom. The van der Waals surface area contributed by atoms with E-state index in [2.05, 4.69) is 6.92 Å². The van der Waals surface area contributed by atoms with Crippen molar-refractivity contribution in [1.82, 2.24) is 0 Å². The maximum atomic E-state index is 11.8. The molecular weight excluding hydrogens is 312 g/mol. The number of hydrogen-bond acceptors (Lipinski definition) is 6. The maximum Gasteiger partial charge on any atom is 0.164 e. The smallest absolute Gasteiger partial charge is 0.164 e. The molecule has 0 aromatic rings. The van der Waals surface area contributed by atoms with Crippen LogP contribution in [-0.4, -0.2) is 62.3 Å². The van der Waals surface area contributed by atoms with Gasteiger partial charge in [-0.1, -0.05) is 64.7 Å². The molecule has 0 aromatic carbocycles. The zero-order chi connectivity index (χ0) is 18.4. The van der Waals surface area contributed by atoms with Crippen LogP contribution in [0.3, 0.4) is 0 Å². The van der Waals surface area contributed by atoms with E-state index >= 15 is 0 Å². The first-order valence-electron chi connectivity index (χ1n) is 9.31. The van der Waals surface area contributed by atoms with Crippen molar-refractivity contribution in [2.45, 2.75) is 102 Å². The first kappa shape index (κ1) is 23.5. The third kappa shape index (κ3) is 10.4. The summed E-state index contributed by atoms with van der Waals surface area (Å²) in [4.78, 5) is 11.8. The number of ketones is 1. The quantitative estimate of drug-likeness (QED) is 0.268. The Morgan fingerprint density at radius 1 is 0.750 bits per heavy atom. The molecule has 0 spiro atoms. The Morgan fingerprint density at radius 3 is 1.67 bits per heavy atom. The van der Waals surface area contributed by atoms with Gasteiger partial charge in [-0.05, 0) is 6.42 Å². The van der Waals surface area contributed by atoms with E-state index < -0.39 is 36.8 Å². The van der Waals surface area contributed by atoms with Crippen molar-refractivity contribution in [3.63, 3.8) is 0 Å². The molecular formula is C18H36O6. The second-order valence-corrected chi connectivity index (χ2v) is 6.57. The Bertz CT molecular complexity index is 310. The molecule has 0 saturated carbocycles. The highest BCUT2D eigenvalue weighted by Gasteiger charge is 2.33. The van der Waals surface area contributed by atoms with Crippen molar-refractivity contribution in [2.24, 2.45) is 0 Å². The molecule has 0 radical (unpaired) electrons. The molecule has 0 bridgehead atoms. The number of rotatable bonds is 16. The van der Waals surface area contributed by atoms with E-state index in [0.29, 0.717) is 6.42 Å². The number of unbranched alkanes of at least 4 members (excludes halogenated alkanes) is 9. The van der Waals surface area contributed by atoms with Crippen LogP contribution in [0, 0.1) is 0 Å². The van der Waals surface area contributed by atoms with Crippen LogP contribution >= 0.6 is 0 Å². The summed E-state index contributed by atoms with van der Waals surface area (Å²) < 4.78 is 0. The second kappa shape index (κ2) is 14.8. The Balaban J connectivity index is 3.71. The van der Waals surface area contributed by atoms with Crippen molar-refractivity contribution in [1.29, 1.82) is 0 Å². The van der Waals surface area contributed by atoms with Gasteiger partial charge in [0.1, 0.15) is 24.4 Å². The molecule has 5 N–H and O–H groups in total. The number of Topliss-reactive ketones (excluding diaryl/α,β-unsaturated/α-hetero) is 1. The van der Waals surface area contributed by atoms with Crippen LogP contribution < -0.4 is 0 Å². The van der Waals surface area contributed by atoms with Crippen molar-refractivity contribution in [3.05, 3.63) is 0 Å². The fourth-order valence-corrected chi connectivity index (χ4v) is 2.65. The molecule has 0 unspecified atom stereocenters. The third-order valence-corrected chi connectivity index (χ3v) is 4.36. The monoisotopic (exact) mass is 348 g/mol. The van der Waals surface area contributed by atoms with E-state index in [9.17, 15) is 25.2 Å². The molecule has 0 heterocycles. The molecule has 0 amide bonds. The van der Waals surface area contributed by atoms with Gasteiger partial charge in [-0.25, -0.2) is 0 Å². The predicted molar refractivity (Wildman–Crippen MR) is 92.6 cm³/mol. The lowest BCUT2D eigenvalue weighted by Gasteiger charge is -2.24. The lowest BCUT2D eigenvalue weighted by molar-refractivity contribution is -0.147. The Labute approximate surface area is 145 Å². The van der Waals surface area contributed by atoms with E-state index in [0.717, 1.165) is 19.3 Å². The molecule has 144 valence electrons. The highest BCUT2D eigenvalue weighted by Crippen LogP contribution is 2.13. The van der Waals surface area contributed by atoms with Crippen molar-refractivity contribution in [3.8, 4) is 0 Å². The largest absolute Gasteiger partial charge is 0.394 e. The van der Waals surface area contributed by atoms with Crippen LogP contribution in [0.2, 0.25) is 0 Å². The molecule has 0 aromatic heterocycles. The van der Waals surface area contributed by atoms with Gasteiger partial charge < -0.3 is 25.5 Å². The molecule has 4 atom stereocenters. The normalized spacial score (nSPS) is 16.6. The van der Waals surface area contributed by atoms with Crippen LogP contribution in [0.4, 0.5) is 0 Å². The average molecular weight is 348 g/mol. The minimum absolute atomic E-state index is 0.136. The Hall–Kier alpha value is -0.530. The van der Waals surface area contributed by atoms with Gasteiger partial charge in [0.2, 0.25) is 0 Å². The van der Waals surface area contributed by atoms with E-state index in [-0.39, 0.29) is 6.42 Å². The van der Waals surface area contributed by atoms with Crippen LogP contribution in [0.5, 0.6) is 0 Å². The summed E-state index contributed by atoms with van der Waals surface area (Å²) in [5, 5.41) is 46.7. The molecule has 0 aliphatic rings. The molecule has 0 aliphatic heterocycles. The van der Waals surface area contributed by atoms with E-state index in [1.807, 2.05) is 0 Å². The fourth-order valence-electron chi connectivity index (χ4n) is 2.65. The first-order chi connectivity index (χ1) is 11.5. The summed E-state index contributed by atoms with van der Waals surface area (Å²) in [6.07, 6.45) is 4.63. The lowest BCUT2D eigenvalue weighted by atomic mass is 9.97. The molecule has 6 nitrogen and oxygen atoms in total. The number of carbonyl (C=O) groups excluding carboxylic acids is 1. The SMILES string of the molecule is CCCCCCCCCCCCC(=O)[C@@H](O)[C@@H](O)[C@H](O)[C@H](O)CO. The fraction of sp³-hybridized carbons (Fsp3) is 0.944. The zero-order valence-electron chi connectivity index (χ0n) is 14.9. The van der Waals surface area contributed by atoms with Crippen molar-refractivity contribution >= 4 is 5.78 Å². The van der Waals surface area contributed by atoms with Crippen LogP contribution in [-0.2, 0) is 4.79 Å². The second-order valence-electron chi connectivity index (χ2n) is 6.57. The predicted octanol–water partition coefficient (Wildman–Crippen LogP) is 1.30. The van der Waals surface area contributed by atoms with Gasteiger partial charge >= 0.3 is 0 Å². The summed E-state index contributed by atoms with van der Waals surface area (Å²) in [5.74, 6) is -0.550. The number of hydrogen-bond donors (Lipinski definition) is 5. The maximum absolute atomic E-state index is 11.8. The molecule has 0 fully saturated rings. The standard InChI is InChI=1S/C18H36O6/c1-2-3-4-5-6-7-8-9-10-11-12-14(20)16(22)18(24)17(23)15(21)13-19/h15-19,21-24H,2-13H2,1H3/t15-,16-,17-,18-/m1/s1. The summed E-state index contributed by atoms with van der Waals surface area (Å²) in [6, 6.07) is 0. The first-order valence-corrected chi connectivity index (χ1v) is 9.31. The highest BCUT2D eigenvalue weighted by molar-refractivity contribution is 5.83. The van der Waals surface area contributed by atoms with Crippen LogP contribution in [0.1, 0.15) is 77.6 Å². The summed E-state index contributed by atoms with van der Waals surface area (Å²) in [5.41, 5.74) is 0. The van der Waals surface area contributed by atoms with Gasteiger partial charge in [0, 0.05) is 6.42 Å². The summed E-state index contributed by atoms with van der Waals surface area (Å²) in [6.45, 7) is 1.45. The summed E-state index contributed by atoms with van der Waals surface area (Å²) >= 11 is 0. The van der Waals surface area contributed by atoms with Crippen molar-refractivity contribution < 1.29 is 30.3 Å². The van der Waals surface area contributed by atoms with Gasteiger partial charge in [0.15, 0.2) is 5.78 Å². The van der Waals surface area contributed by atoms with Gasteiger partial charge in [-0.3, -0.25) is 4.79 Å². The molecule has 0 saturated heterocycles. The van der Waals surface area contributed by atoms with Gasteiger partial charge in [0.25, 0.3) is 0 Å². The van der Waals surface area contributed by atoms with Gasteiger partial charge in [-0.15, -0.1) is 0 Å². The molecule has 24 heavy (non-hydrogen) atoms. The third-order valence-electron chi connectivity index (χ3n) is 4.36. The van der Waals surface area contributed by atoms with Crippen LogP contribution in [0.25, 0.3) is 0 Å². The van der Waals surface area contributed by atoms with Gasteiger partial charge in [-0.2, -0.15) is 0 Å². The Kier molecular flexibility index (Phi) is 14.5. The van der Waals surface area contributed by atoms with Crippen LogP contribution in [0.15, 0.2) is 0 Å². The van der Waals surface area contributed by atoms with Gasteiger partial charge in [0.05, 0.1) is 6.61 Å². The number of carbonyl (C=O) groups is 1. The topological polar surface area (TPSA) is 118 Å². The van der Waals surface area contributed by atoms with E-state index in [1.54, 1.807) is 0 Å². The minimum Gasteiger partial charge on any atom is -0.394 e. The van der Waals surface area contributed by atoms with E-state index in [1.165, 1.54) is 38.5 Å². The molecule has 0 rings (SSSR count). The lowest BCUT2D eigenvalue weighted by Crippen LogP contribution is -2.48. The highest BCUT2D eigenvalue weighted by atomic mass is 16.4. The number of aliphatic hydroxyl groups excluding tert-OH is 5. The minimum atomic E-state index is -1.79. The van der Waals surface area contributed by atoms with E-state index in [4.69, 9.17) is 5.11 Å².